The number of rotatable bonds is 2. The number of carbonyl (C=O) groups is 1. The molecule has 1 unspecified atom stereocenters. The Hall–Kier alpha value is -0.710. The maximum Gasteiger partial charge on any atom is 0.241 e. The number of likely N-dealkylation sites (tertiary alicyclic amines) is 1. The van der Waals surface area contributed by atoms with Gasteiger partial charge in [0.2, 0.25) is 5.91 Å². The van der Waals surface area contributed by atoms with Crippen molar-refractivity contribution in [1.82, 2.24) is 10.2 Å². The van der Waals surface area contributed by atoms with Crippen molar-refractivity contribution in [3.8, 4) is 0 Å². The molecular formula is C10H17N3OS. The van der Waals surface area contributed by atoms with Crippen LogP contribution in [0.1, 0.15) is 19.8 Å². The number of amidine groups is 1. The van der Waals surface area contributed by atoms with E-state index in [-0.39, 0.29) is 5.91 Å². The normalized spacial score (nSPS) is 25.5. The monoisotopic (exact) mass is 227 g/mol. The Morgan fingerprint density at radius 1 is 1.60 bits per heavy atom. The minimum Gasteiger partial charge on any atom is -0.356 e. The van der Waals surface area contributed by atoms with Gasteiger partial charge in [-0.15, -0.1) is 0 Å². The Labute approximate surface area is 94.5 Å². The zero-order chi connectivity index (χ0) is 10.7. The molecule has 1 amide bonds. The van der Waals surface area contributed by atoms with Gasteiger partial charge in [-0.2, -0.15) is 0 Å². The highest BCUT2D eigenvalue weighted by Gasteiger charge is 2.19. The molecular weight excluding hydrogens is 210 g/mol. The average molecular weight is 227 g/mol. The number of carbonyl (C=O) groups excluding carboxylic acids is 1. The van der Waals surface area contributed by atoms with Gasteiger partial charge in [0.25, 0.3) is 0 Å². The lowest BCUT2D eigenvalue weighted by molar-refractivity contribution is -0.128. The smallest absolute Gasteiger partial charge is 0.241 e. The van der Waals surface area contributed by atoms with E-state index in [0.717, 1.165) is 37.6 Å². The fourth-order valence-electron chi connectivity index (χ4n) is 1.80. The van der Waals surface area contributed by atoms with Crippen LogP contribution in [0.15, 0.2) is 4.99 Å². The lowest BCUT2D eigenvalue weighted by atomic mass is 10.4. The largest absolute Gasteiger partial charge is 0.356 e. The molecule has 0 bridgehead atoms. The van der Waals surface area contributed by atoms with Gasteiger partial charge in [-0.05, 0) is 12.8 Å². The summed E-state index contributed by atoms with van der Waals surface area (Å²) >= 11 is 1.72. The fraction of sp³-hybridized carbons (Fsp3) is 0.800. The fourth-order valence-corrected chi connectivity index (χ4v) is 2.64. The second kappa shape index (κ2) is 4.88. The molecule has 0 saturated carbocycles. The van der Waals surface area contributed by atoms with E-state index >= 15 is 0 Å². The van der Waals surface area contributed by atoms with Crippen LogP contribution >= 0.6 is 11.8 Å². The van der Waals surface area contributed by atoms with Gasteiger partial charge >= 0.3 is 0 Å². The predicted molar refractivity (Wildman–Crippen MR) is 63.2 cm³/mol. The number of amides is 1. The molecule has 2 heterocycles. The molecule has 1 N–H and O–H groups in total. The van der Waals surface area contributed by atoms with E-state index < -0.39 is 0 Å². The summed E-state index contributed by atoms with van der Waals surface area (Å²) in [5.74, 6) is 0.204. The van der Waals surface area contributed by atoms with Crippen molar-refractivity contribution in [2.75, 3.05) is 26.2 Å². The molecule has 0 spiro atoms. The van der Waals surface area contributed by atoms with Crippen LogP contribution in [0.25, 0.3) is 0 Å². The summed E-state index contributed by atoms with van der Waals surface area (Å²) in [7, 11) is 0. The summed E-state index contributed by atoms with van der Waals surface area (Å²) < 4.78 is 0. The second-order valence-corrected chi connectivity index (χ2v) is 5.44. The van der Waals surface area contributed by atoms with E-state index in [2.05, 4.69) is 17.2 Å². The SMILES string of the molecule is CC1CN=C(NCC(=O)N2CCCC2)S1. The highest BCUT2D eigenvalue weighted by atomic mass is 32.2. The highest BCUT2D eigenvalue weighted by molar-refractivity contribution is 8.14. The quantitative estimate of drug-likeness (QED) is 0.755. The van der Waals surface area contributed by atoms with Crippen molar-refractivity contribution < 1.29 is 4.79 Å². The van der Waals surface area contributed by atoms with Gasteiger partial charge in [0.15, 0.2) is 5.17 Å². The zero-order valence-electron chi connectivity index (χ0n) is 9.03. The van der Waals surface area contributed by atoms with E-state index in [4.69, 9.17) is 0 Å². The van der Waals surface area contributed by atoms with Crippen LogP contribution in [-0.2, 0) is 4.79 Å². The molecule has 4 nitrogen and oxygen atoms in total. The van der Waals surface area contributed by atoms with Crippen molar-refractivity contribution >= 4 is 22.8 Å². The molecule has 84 valence electrons. The van der Waals surface area contributed by atoms with E-state index in [1.54, 1.807) is 11.8 Å². The minimum absolute atomic E-state index is 0.204. The maximum absolute atomic E-state index is 11.7. The number of nitrogens with one attached hydrogen (secondary N) is 1. The molecule has 1 atom stereocenters. The van der Waals surface area contributed by atoms with Crippen LogP contribution < -0.4 is 5.32 Å². The average Bonchev–Trinajstić information content (AvgIpc) is 2.84. The molecule has 0 aromatic carbocycles. The Morgan fingerprint density at radius 2 is 2.33 bits per heavy atom. The van der Waals surface area contributed by atoms with Gasteiger partial charge in [-0.3, -0.25) is 9.79 Å². The van der Waals surface area contributed by atoms with Gasteiger partial charge < -0.3 is 10.2 Å². The Bertz CT molecular complexity index is 274. The third kappa shape index (κ3) is 2.87. The van der Waals surface area contributed by atoms with Crippen LogP contribution in [-0.4, -0.2) is 47.4 Å². The third-order valence-electron chi connectivity index (χ3n) is 2.65. The third-order valence-corrected chi connectivity index (χ3v) is 3.70. The molecule has 2 aliphatic heterocycles. The molecule has 2 aliphatic rings. The van der Waals surface area contributed by atoms with Crippen molar-refractivity contribution in [3.05, 3.63) is 0 Å². The van der Waals surface area contributed by atoms with Crippen molar-refractivity contribution in [3.63, 3.8) is 0 Å². The van der Waals surface area contributed by atoms with Crippen LogP contribution in [0.5, 0.6) is 0 Å². The molecule has 2 rings (SSSR count). The highest BCUT2D eigenvalue weighted by Crippen LogP contribution is 2.18. The van der Waals surface area contributed by atoms with E-state index in [9.17, 15) is 4.79 Å². The van der Waals surface area contributed by atoms with Crippen LogP contribution in [0.4, 0.5) is 0 Å². The summed E-state index contributed by atoms with van der Waals surface area (Å²) in [4.78, 5) is 17.9. The van der Waals surface area contributed by atoms with E-state index in [1.165, 1.54) is 0 Å². The Balaban J connectivity index is 1.71. The van der Waals surface area contributed by atoms with E-state index in [0.29, 0.717) is 11.8 Å². The summed E-state index contributed by atoms with van der Waals surface area (Å²) in [6.45, 7) is 5.27. The van der Waals surface area contributed by atoms with Gasteiger partial charge in [0.1, 0.15) is 0 Å². The topological polar surface area (TPSA) is 44.7 Å². The minimum atomic E-state index is 0.204. The summed E-state index contributed by atoms with van der Waals surface area (Å²) in [6, 6.07) is 0. The molecule has 0 aromatic heterocycles. The van der Waals surface area contributed by atoms with Gasteiger partial charge in [0.05, 0.1) is 13.1 Å². The summed E-state index contributed by atoms with van der Waals surface area (Å²) in [5.41, 5.74) is 0. The first kappa shape index (κ1) is 10.8. The van der Waals surface area contributed by atoms with Gasteiger partial charge in [0, 0.05) is 18.3 Å². The molecule has 1 saturated heterocycles. The standard InChI is InChI=1S/C10H17N3OS/c1-8-6-11-10(15-8)12-7-9(14)13-4-2-3-5-13/h8H,2-7H2,1H3,(H,11,12). The zero-order valence-corrected chi connectivity index (χ0v) is 9.85. The molecule has 0 radical (unpaired) electrons. The first-order valence-corrected chi connectivity index (χ1v) is 6.36. The summed E-state index contributed by atoms with van der Waals surface area (Å²) in [6.07, 6.45) is 2.30. The Kier molecular flexibility index (Phi) is 3.51. The molecule has 5 heteroatoms. The van der Waals surface area contributed by atoms with Crippen LogP contribution in [0.2, 0.25) is 0 Å². The molecule has 1 fully saturated rings. The van der Waals surface area contributed by atoms with E-state index in [1.807, 2.05) is 4.90 Å². The van der Waals surface area contributed by atoms with Gasteiger partial charge in [-0.25, -0.2) is 0 Å². The Morgan fingerprint density at radius 3 is 2.93 bits per heavy atom. The lowest BCUT2D eigenvalue weighted by Gasteiger charge is -2.15. The molecule has 0 aromatic rings. The first-order valence-electron chi connectivity index (χ1n) is 5.48. The molecule has 0 aliphatic carbocycles. The molecule has 15 heavy (non-hydrogen) atoms. The van der Waals surface area contributed by atoms with Gasteiger partial charge in [-0.1, -0.05) is 18.7 Å². The summed E-state index contributed by atoms with van der Waals surface area (Å²) in [5, 5.41) is 4.59. The number of aliphatic imine (C=N–C) groups is 1. The van der Waals surface area contributed by atoms with Crippen molar-refractivity contribution in [2.24, 2.45) is 4.99 Å². The van der Waals surface area contributed by atoms with Crippen LogP contribution in [0.3, 0.4) is 0 Å². The number of nitrogens with zero attached hydrogens (tertiary/aromatic N) is 2. The predicted octanol–water partition coefficient (Wildman–Crippen LogP) is 0.690. The number of hydrogen-bond donors (Lipinski definition) is 1. The van der Waals surface area contributed by atoms with Crippen LogP contribution in [0, 0.1) is 0 Å². The first-order chi connectivity index (χ1) is 7.25. The number of thioether (sulfide) groups is 1. The lowest BCUT2D eigenvalue weighted by Crippen LogP contribution is -2.37. The van der Waals surface area contributed by atoms with Crippen molar-refractivity contribution in [1.29, 1.82) is 0 Å². The second-order valence-electron chi connectivity index (χ2n) is 4.02. The van der Waals surface area contributed by atoms with Crippen molar-refractivity contribution in [2.45, 2.75) is 25.0 Å². The number of hydrogen-bond acceptors (Lipinski definition) is 4. The maximum atomic E-state index is 11.7.